The van der Waals surface area contributed by atoms with E-state index in [0.29, 0.717) is 31.5 Å². The first-order valence-corrected chi connectivity index (χ1v) is 7.16. The average molecular weight is 299 g/mol. The lowest BCUT2D eigenvalue weighted by molar-refractivity contribution is -0.123. The molecule has 6 heteroatoms. The summed E-state index contributed by atoms with van der Waals surface area (Å²) in [5.74, 6) is 0.706. The van der Waals surface area contributed by atoms with Gasteiger partial charge in [0.15, 0.2) is 0 Å². The third-order valence-corrected chi connectivity index (χ3v) is 3.37. The van der Waals surface area contributed by atoms with Gasteiger partial charge in [-0.25, -0.2) is 9.97 Å². The van der Waals surface area contributed by atoms with Crippen LogP contribution in [0.25, 0.3) is 0 Å². The number of aromatic nitrogens is 2. The first-order valence-electron chi connectivity index (χ1n) is 7.16. The van der Waals surface area contributed by atoms with Crippen LogP contribution in [0.15, 0.2) is 42.7 Å². The second kappa shape index (κ2) is 7.11. The van der Waals surface area contributed by atoms with Crippen LogP contribution in [0.2, 0.25) is 0 Å². The van der Waals surface area contributed by atoms with Gasteiger partial charge < -0.3 is 14.3 Å². The maximum absolute atomic E-state index is 10.8. The third kappa shape index (κ3) is 3.87. The molecule has 1 atom stereocenters. The Morgan fingerprint density at radius 1 is 1.27 bits per heavy atom. The molecule has 0 radical (unpaired) electrons. The Bertz CT molecular complexity index is 604. The van der Waals surface area contributed by atoms with Gasteiger partial charge in [-0.3, -0.25) is 4.90 Å². The van der Waals surface area contributed by atoms with E-state index in [2.05, 4.69) is 14.9 Å². The molecule has 6 nitrogen and oxygen atoms in total. The van der Waals surface area contributed by atoms with Crippen LogP contribution in [0.3, 0.4) is 0 Å². The topological polar surface area (TPSA) is 64.6 Å². The van der Waals surface area contributed by atoms with E-state index in [4.69, 9.17) is 9.47 Å². The van der Waals surface area contributed by atoms with E-state index in [-0.39, 0.29) is 6.10 Å². The summed E-state index contributed by atoms with van der Waals surface area (Å²) in [6.07, 6.45) is 4.00. The van der Waals surface area contributed by atoms with Crippen LogP contribution in [-0.2, 0) is 16.1 Å². The zero-order valence-electron chi connectivity index (χ0n) is 12.1. The van der Waals surface area contributed by atoms with Crippen LogP contribution >= 0.6 is 0 Å². The summed E-state index contributed by atoms with van der Waals surface area (Å²) in [6.45, 7) is 2.66. The number of carbonyl (C=O) groups is 1. The van der Waals surface area contributed by atoms with E-state index < -0.39 is 0 Å². The molecule has 3 rings (SSSR count). The molecule has 0 spiro atoms. The Hall–Kier alpha value is -2.31. The maximum atomic E-state index is 10.8. The number of nitrogens with zero attached hydrogens (tertiary/aromatic N) is 3. The summed E-state index contributed by atoms with van der Waals surface area (Å²) in [4.78, 5) is 21.4. The maximum Gasteiger partial charge on any atom is 0.321 e. The molecule has 2 aromatic rings. The van der Waals surface area contributed by atoms with Crippen LogP contribution < -0.4 is 4.74 Å². The van der Waals surface area contributed by atoms with Crippen LogP contribution in [0.1, 0.15) is 5.56 Å². The van der Waals surface area contributed by atoms with Gasteiger partial charge in [0.1, 0.15) is 18.1 Å². The van der Waals surface area contributed by atoms with Gasteiger partial charge in [-0.1, -0.05) is 18.2 Å². The number of para-hydroxylation sites is 1. The fraction of sp³-hybridized carbons (Fsp3) is 0.312. The molecule has 1 aromatic carbocycles. The van der Waals surface area contributed by atoms with Gasteiger partial charge in [0.05, 0.1) is 6.61 Å². The van der Waals surface area contributed by atoms with Crippen molar-refractivity contribution in [3.05, 3.63) is 48.3 Å². The molecule has 0 amide bonds. The lowest BCUT2D eigenvalue weighted by atomic mass is 10.2. The Labute approximate surface area is 128 Å². The minimum atomic E-state index is -0.338. The molecule has 1 fully saturated rings. The summed E-state index contributed by atoms with van der Waals surface area (Å²) < 4.78 is 10.9. The Morgan fingerprint density at radius 3 is 2.77 bits per heavy atom. The molecule has 2 heterocycles. The van der Waals surface area contributed by atoms with Crippen molar-refractivity contribution in [3.8, 4) is 11.8 Å². The van der Waals surface area contributed by atoms with Crippen molar-refractivity contribution < 1.29 is 14.3 Å². The molecule has 22 heavy (non-hydrogen) atoms. The van der Waals surface area contributed by atoms with Crippen molar-refractivity contribution in [2.24, 2.45) is 0 Å². The third-order valence-electron chi connectivity index (χ3n) is 3.37. The van der Waals surface area contributed by atoms with E-state index in [1.165, 1.54) is 0 Å². The predicted molar refractivity (Wildman–Crippen MR) is 79.6 cm³/mol. The molecule has 0 bridgehead atoms. The Kier molecular flexibility index (Phi) is 4.72. The molecule has 0 saturated carbocycles. The highest BCUT2D eigenvalue weighted by atomic mass is 16.5. The van der Waals surface area contributed by atoms with Crippen molar-refractivity contribution in [3.63, 3.8) is 0 Å². The summed E-state index contributed by atoms with van der Waals surface area (Å²) in [5.41, 5.74) is 0.979. The molecular weight excluding hydrogens is 282 g/mol. The Morgan fingerprint density at radius 2 is 2.05 bits per heavy atom. The molecule has 0 aliphatic carbocycles. The van der Waals surface area contributed by atoms with Gasteiger partial charge in [0.2, 0.25) is 0 Å². The lowest BCUT2D eigenvalue weighted by Gasteiger charge is -2.30. The van der Waals surface area contributed by atoms with E-state index in [9.17, 15) is 4.79 Å². The minimum absolute atomic E-state index is 0.322. The quantitative estimate of drug-likeness (QED) is 0.783. The van der Waals surface area contributed by atoms with Gasteiger partial charge in [0.25, 0.3) is 0 Å². The Balaban J connectivity index is 1.58. The van der Waals surface area contributed by atoms with Gasteiger partial charge >= 0.3 is 6.01 Å². The first kappa shape index (κ1) is 14.6. The van der Waals surface area contributed by atoms with Crippen molar-refractivity contribution in [2.75, 3.05) is 19.7 Å². The summed E-state index contributed by atoms with van der Waals surface area (Å²) in [6, 6.07) is 9.74. The molecule has 1 aliphatic rings. The minimum Gasteiger partial charge on any atom is -0.424 e. The van der Waals surface area contributed by atoms with Crippen LogP contribution in [0, 0.1) is 0 Å². The fourth-order valence-electron chi connectivity index (χ4n) is 2.29. The lowest BCUT2D eigenvalue weighted by Crippen LogP contribution is -2.42. The number of morpholine rings is 1. The number of rotatable bonds is 5. The van der Waals surface area contributed by atoms with Gasteiger partial charge in [0, 0.05) is 37.6 Å². The highest BCUT2D eigenvalue weighted by molar-refractivity contribution is 5.56. The van der Waals surface area contributed by atoms with Crippen LogP contribution in [0.5, 0.6) is 11.8 Å². The smallest absolute Gasteiger partial charge is 0.321 e. The number of benzene rings is 1. The number of hydrogen-bond acceptors (Lipinski definition) is 6. The van der Waals surface area contributed by atoms with E-state index in [0.717, 1.165) is 18.4 Å². The van der Waals surface area contributed by atoms with Crippen molar-refractivity contribution >= 4 is 6.29 Å². The molecule has 0 N–H and O–H groups in total. The molecule has 1 aromatic heterocycles. The van der Waals surface area contributed by atoms with Gasteiger partial charge in [-0.15, -0.1) is 0 Å². The highest BCUT2D eigenvalue weighted by Crippen LogP contribution is 2.16. The number of carbonyl (C=O) groups excluding carboxylic acids is 1. The standard InChI is InChI=1S/C16H17N3O3/c20-12-15-11-19(6-7-21-15)10-13-8-17-16(18-9-13)22-14-4-2-1-3-5-14/h1-5,8-9,12,15H,6-7,10-11H2/t15-/m0/s1. The normalized spacial score (nSPS) is 18.8. The molecule has 1 saturated heterocycles. The summed E-state index contributed by atoms with van der Waals surface area (Å²) in [5, 5.41) is 0. The van der Waals surface area contributed by atoms with Crippen molar-refractivity contribution in [1.29, 1.82) is 0 Å². The number of hydrogen-bond donors (Lipinski definition) is 0. The van der Waals surface area contributed by atoms with E-state index in [1.54, 1.807) is 12.4 Å². The summed E-state index contributed by atoms with van der Waals surface area (Å²) >= 11 is 0. The average Bonchev–Trinajstić information content (AvgIpc) is 2.58. The number of ether oxygens (including phenoxy) is 2. The molecule has 1 aliphatic heterocycles. The molecule has 0 unspecified atom stereocenters. The second-order valence-corrected chi connectivity index (χ2v) is 5.07. The predicted octanol–water partition coefficient (Wildman–Crippen LogP) is 1.67. The highest BCUT2D eigenvalue weighted by Gasteiger charge is 2.19. The van der Waals surface area contributed by atoms with E-state index in [1.807, 2.05) is 30.3 Å². The van der Waals surface area contributed by atoms with Crippen molar-refractivity contribution in [2.45, 2.75) is 12.6 Å². The molecule has 114 valence electrons. The van der Waals surface area contributed by atoms with Crippen molar-refractivity contribution in [1.82, 2.24) is 14.9 Å². The second-order valence-electron chi connectivity index (χ2n) is 5.07. The SMILES string of the molecule is O=C[C@@H]1CN(Cc2cnc(Oc3ccccc3)nc2)CCO1. The summed E-state index contributed by atoms with van der Waals surface area (Å²) in [7, 11) is 0. The zero-order chi connectivity index (χ0) is 15.2. The molecular formula is C16H17N3O3. The zero-order valence-corrected chi connectivity index (χ0v) is 12.1. The van der Waals surface area contributed by atoms with Gasteiger partial charge in [-0.2, -0.15) is 0 Å². The van der Waals surface area contributed by atoms with Crippen LogP contribution in [0.4, 0.5) is 0 Å². The monoisotopic (exact) mass is 299 g/mol. The van der Waals surface area contributed by atoms with Crippen LogP contribution in [-0.4, -0.2) is 47.0 Å². The van der Waals surface area contributed by atoms with Gasteiger partial charge in [-0.05, 0) is 12.1 Å². The fourth-order valence-corrected chi connectivity index (χ4v) is 2.29. The first-order chi connectivity index (χ1) is 10.8. The largest absolute Gasteiger partial charge is 0.424 e. The number of aldehydes is 1. The van der Waals surface area contributed by atoms with E-state index >= 15 is 0 Å².